The van der Waals surface area contributed by atoms with Crippen LogP contribution in [0.15, 0.2) is 12.2 Å². The Balaban J connectivity index is 1.01. The summed E-state index contributed by atoms with van der Waals surface area (Å²) in [5.74, 6) is 13.3. The van der Waals surface area contributed by atoms with Crippen molar-refractivity contribution in [3.8, 4) is 0 Å². The van der Waals surface area contributed by atoms with E-state index in [0.29, 0.717) is 5.92 Å². The zero-order valence-electron chi connectivity index (χ0n) is 19.4. The molecule has 0 spiro atoms. The Bertz CT molecular complexity index is 904. The fourth-order valence-corrected chi connectivity index (χ4v) is 13.1. The summed E-state index contributed by atoms with van der Waals surface area (Å²) < 4.78 is 11.8. The summed E-state index contributed by atoms with van der Waals surface area (Å²) in [6, 6.07) is 0. The molecule has 0 aromatic rings. The van der Waals surface area contributed by atoms with Crippen LogP contribution in [0.5, 0.6) is 0 Å². The number of rotatable bonds is 2. The third-order valence-corrected chi connectivity index (χ3v) is 13.4. The first kappa shape index (κ1) is 18.5. The van der Waals surface area contributed by atoms with Gasteiger partial charge in [0.2, 0.25) is 6.29 Å². The number of carbonyl (C=O) groups excluding carboxylic acids is 1. The molecule has 0 radical (unpaired) electrons. The van der Waals surface area contributed by atoms with Crippen molar-refractivity contribution in [1.82, 2.24) is 0 Å². The monoisotopic (exact) mass is 434 g/mol. The van der Waals surface area contributed by atoms with Gasteiger partial charge >= 0.3 is 5.97 Å². The summed E-state index contributed by atoms with van der Waals surface area (Å²) in [6.45, 7) is 3.03. The predicted molar refractivity (Wildman–Crippen MR) is 119 cm³/mol. The van der Waals surface area contributed by atoms with Crippen molar-refractivity contribution in [3.63, 3.8) is 0 Å². The van der Waals surface area contributed by atoms with Crippen LogP contribution >= 0.6 is 0 Å². The van der Waals surface area contributed by atoms with Crippen molar-refractivity contribution in [1.29, 1.82) is 0 Å². The van der Waals surface area contributed by atoms with E-state index in [0.717, 1.165) is 109 Å². The van der Waals surface area contributed by atoms with Crippen LogP contribution in [0, 0.1) is 88.3 Å². The van der Waals surface area contributed by atoms with Gasteiger partial charge < -0.3 is 9.47 Å². The number of hydrogen-bond donors (Lipinski definition) is 0. The highest BCUT2D eigenvalue weighted by atomic mass is 16.7. The van der Waals surface area contributed by atoms with E-state index in [2.05, 4.69) is 19.1 Å². The molecule has 3 nitrogen and oxygen atoms in total. The molecule has 0 aromatic heterocycles. The van der Waals surface area contributed by atoms with Gasteiger partial charge in [-0.05, 0) is 135 Å². The van der Waals surface area contributed by atoms with E-state index in [1.165, 1.54) is 19.3 Å². The lowest BCUT2D eigenvalue weighted by Crippen LogP contribution is -2.50. The summed E-state index contributed by atoms with van der Waals surface area (Å²) in [5, 5.41) is 0. The Labute approximate surface area is 192 Å². The largest absolute Gasteiger partial charge is 0.435 e. The highest BCUT2D eigenvalue weighted by Crippen LogP contribution is 2.82. The smallest absolute Gasteiger partial charge is 0.314 e. The number of carbonyl (C=O) groups is 1. The Kier molecular flexibility index (Phi) is 3.39. The SMILES string of the molecule is CC1(C(=O)OC2CCCCO2)CC2CC1C1C3CC(C21)C1C2CC(C4C5C=CC(C5)C24)C31. The molecule has 9 rings (SSSR count). The summed E-state index contributed by atoms with van der Waals surface area (Å²) in [4.78, 5) is 13.5. The van der Waals surface area contributed by atoms with Crippen molar-refractivity contribution in [2.24, 2.45) is 88.3 Å². The number of allylic oxidation sites excluding steroid dienone is 2. The molecular weight excluding hydrogens is 396 g/mol. The van der Waals surface area contributed by atoms with Crippen LogP contribution < -0.4 is 0 Å². The Morgan fingerprint density at radius 3 is 2.22 bits per heavy atom. The lowest BCUT2D eigenvalue weighted by Gasteiger charge is -2.52. The molecule has 1 saturated heterocycles. The molecule has 8 aliphatic carbocycles. The van der Waals surface area contributed by atoms with Gasteiger partial charge in [-0.3, -0.25) is 4.79 Å². The standard InChI is InChI=1S/C29H38O3/c1-29(28(30)32-21-4-2-3-7-31-21)12-15-9-20(29)27-19-11-18(24(15)27)25-16-10-17(26(19)25)23-14-6-5-13(8-14)22(16)23/h5-6,13-27H,2-4,7-12H2,1H3. The molecule has 3 heteroatoms. The average Bonchev–Trinajstić information content (AvgIpc) is 3.62. The zero-order chi connectivity index (χ0) is 20.9. The molecule has 9 aliphatic rings. The maximum Gasteiger partial charge on any atom is 0.314 e. The van der Waals surface area contributed by atoms with Crippen molar-refractivity contribution in [2.45, 2.75) is 64.6 Å². The second-order valence-corrected chi connectivity index (χ2v) is 14.0. The fourth-order valence-electron chi connectivity index (χ4n) is 13.1. The van der Waals surface area contributed by atoms with E-state index in [9.17, 15) is 4.79 Å². The van der Waals surface area contributed by atoms with Crippen LogP contribution in [0.25, 0.3) is 0 Å². The van der Waals surface area contributed by atoms with Gasteiger partial charge in [0.05, 0.1) is 12.0 Å². The van der Waals surface area contributed by atoms with Gasteiger partial charge in [-0.15, -0.1) is 0 Å². The molecule has 16 unspecified atom stereocenters. The second-order valence-electron chi connectivity index (χ2n) is 14.0. The van der Waals surface area contributed by atoms with Gasteiger partial charge in [-0.2, -0.15) is 0 Å². The molecule has 0 aromatic carbocycles. The maximum absolute atomic E-state index is 13.5. The normalized spacial score (nSPS) is 66.1. The fraction of sp³-hybridized carbons (Fsp3) is 0.897. The summed E-state index contributed by atoms with van der Waals surface area (Å²) in [6.07, 6.45) is 15.0. The highest BCUT2D eigenvalue weighted by molar-refractivity contribution is 5.78. The maximum atomic E-state index is 13.5. The quantitative estimate of drug-likeness (QED) is 0.336. The van der Waals surface area contributed by atoms with Crippen molar-refractivity contribution >= 4 is 5.97 Å². The van der Waals surface area contributed by atoms with E-state index in [4.69, 9.17) is 9.47 Å². The molecule has 1 aliphatic heterocycles. The molecule has 32 heavy (non-hydrogen) atoms. The third kappa shape index (κ3) is 1.94. The van der Waals surface area contributed by atoms with E-state index < -0.39 is 0 Å². The topological polar surface area (TPSA) is 35.5 Å². The number of esters is 1. The minimum Gasteiger partial charge on any atom is -0.435 e. The average molecular weight is 435 g/mol. The highest BCUT2D eigenvalue weighted by Gasteiger charge is 2.77. The lowest BCUT2D eigenvalue weighted by atomic mass is 9.53. The Morgan fingerprint density at radius 2 is 1.53 bits per heavy atom. The minimum absolute atomic E-state index is 0.0842. The van der Waals surface area contributed by atoms with E-state index in [1.54, 1.807) is 6.42 Å². The van der Waals surface area contributed by atoms with Crippen LogP contribution in [-0.4, -0.2) is 18.9 Å². The first-order valence-corrected chi connectivity index (χ1v) is 14.1. The van der Waals surface area contributed by atoms with E-state index >= 15 is 0 Å². The van der Waals surface area contributed by atoms with Crippen LogP contribution in [-0.2, 0) is 14.3 Å². The van der Waals surface area contributed by atoms with Gasteiger partial charge in [-0.1, -0.05) is 12.2 Å². The summed E-state index contributed by atoms with van der Waals surface area (Å²) in [7, 11) is 0. The van der Waals surface area contributed by atoms with E-state index in [-0.39, 0.29) is 17.7 Å². The van der Waals surface area contributed by atoms with Gasteiger partial charge in [0.25, 0.3) is 0 Å². The molecule has 8 bridgehead atoms. The number of hydrogen-bond acceptors (Lipinski definition) is 3. The Morgan fingerprint density at radius 1 is 0.844 bits per heavy atom. The van der Waals surface area contributed by atoms with Gasteiger partial charge in [0.1, 0.15) is 0 Å². The van der Waals surface area contributed by atoms with Crippen LogP contribution in [0.4, 0.5) is 0 Å². The van der Waals surface area contributed by atoms with Gasteiger partial charge in [0, 0.05) is 6.42 Å². The molecule has 0 amide bonds. The van der Waals surface area contributed by atoms with Gasteiger partial charge in [-0.25, -0.2) is 0 Å². The zero-order valence-corrected chi connectivity index (χ0v) is 19.4. The summed E-state index contributed by atoms with van der Waals surface area (Å²) in [5.41, 5.74) is -0.248. The van der Waals surface area contributed by atoms with Crippen molar-refractivity contribution in [3.05, 3.63) is 12.2 Å². The van der Waals surface area contributed by atoms with Crippen molar-refractivity contribution < 1.29 is 14.3 Å². The molecule has 1 heterocycles. The minimum atomic E-state index is -0.277. The predicted octanol–water partition coefficient (Wildman–Crippen LogP) is 5.30. The van der Waals surface area contributed by atoms with Crippen LogP contribution in [0.3, 0.4) is 0 Å². The van der Waals surface area contributed by atoms with Gasteiger partial charge in [0.15, 0.2) is 0 Å². The molecule has 172 valence electrons. The second kappa shape index (κ2) is 5.86. The van der Waals surface area contributed by atoms with E-state index in [1.807, 2.05) is 0 Å². The molecule has 16 atom stereocenters. The van der Waals surface area contributed by atoms with Crippen molar-refractivity contribution in [2.75, 3.05) is 6.61 Å². The lowest BCUT2D eigenvalue weighted by molar-refractivity contribution is -0.202. The molecular formula is C29H38O3. The molecule has 7 saturated carbocycles. The Hall–Kier alpha value is -0.830. The van der Waals surface area contributed by atoms with Crippen LogP contribution in [0.2, 0.25) is 0 Å². The number of fused-ring (bicyclic) bond motifs is 23. The first-order chi connectivity index (χ1) is 15.6. The first-order valence-electron chi connectivity index (χ1n) is 14.1. The number of ether oxygens (including phenoxy) is 2. The third-order valence-electron chi connectivity index (χ3n) is 13.4. The molecule has 0 N–H and O–H groups in total. The molecule has 8 fully saturated rings. The summed E-state index contributed by atoms with van der Waals surface area (Å²) >= 11 is 0. The van der Waals surface area contributed by atoms with Crippen LogP contribution in [0.1, 0.15) is 58.3 Å².